The Labute approximate surface area is 200 Å². The van der Waals surface area contributed by atoms with E-state index in [-0.39, 0.29) is 24.2 Å². The molecule has 0 saturated carbocycles. The van der Waals surface area contributed by atoms with Gasteiger partial charge in [-0.25, -0.2) is 4.39 Å². The predicted molar refractivity (Wildman–Crippen MR) is 126 cm³/mol. The zero-order chi connectivity index (χ0) is 25.5. The Balaban J connectivity index is 1.63. The first-order valence-electron chi connectivity index (χ1n) is 11.0. The van der Waals surface area contributed by atoms with Crippen molar-refractivity contribution >= 4 is 17.3 Å². The molecular weight excluding hydrogens is 464 g/mol. The van der Waals surface area contributed by atoms with Crippen molar-refractivity contribution in [3.05, 3.63) is 89.0 Å². The van der Waals surface area contributed by atoms with E-state index < -0.39 is 29.8 Å². The summed E-state index contributed by atoms with van der Waals surface area (Å²) in [7, 11) is 0. The maximum Gasteiger partial charge on any atom is 0.427 e. The molecule has 186 valence electrons. The summed E-state index contributed by atoms with van der Waals surface area (Å²) in [5, 5.41) is 15.6. The number of carboxylic acids is 1. The number of aliphatic carboxylic acids is 1. The molecule has 0 saturated heterocycles. The fourth-order valence-electron chi connectivity index (χ4n) is 3.65. The van der Waals surface area contributed by atoms with Crippen molar-refractivity contribution in [1.29, 1.82) is 0 Å². The van der Waals surface area contributed by atoms with Crippen molar-refractivity contribution in [2.45, 2.75) is 38.2 Å². The molecule has 1 unspecified atom stereocenters. The first kappa shape index (κ1) is 26.2. The third kappa shape index (κ3) is 6.79. The summed E-state index contributed by atoms with van der Waals surface area (Å²) < 4.78 is 56.6. The lowest BCUT2D eigenvalue weighted by Crippen LogP contribution is -2.43. The lowest BCUT2D eigenvalue weighted by Gasteiger charge is -2.33. The molecule has 0 amide bonds. The average Bonchev–Trinajstić information content (AvgIpc) is 2.82. The molecule has 0 radical (unpaired) electrons. The normalized spacial score (nSPS) is 18.6. The van der Waals surface area contributed by atoms with Crippen LogP contribution in [0.25, 0.3) is 5.57 Å². The third-order valence-electron chi connectivity index (χ3n) is 5.59. The lowest BCUT2D eigenvalue weighted by atomic mass is 9.80. The minimum Gasteiger partial charge on any atom is -0.481 e. The number of carboxylic acid groups (broad SMARTS) is 1. The van der Waals surface area contributed by atoms with Crippen LogP contribution in [0.2, 0.25) is 0 Å². The number of nitrogens with one attached hydrogen (secondary N) is 1. The van der Waals surface area contributed by atoms with E-state index in [1.165, 1.54) is 18.2 Å². The number of alkyl halides is 4. The summed E-state index contributed by atoms with van der Waals surface area (Å²) in [6, 6.07) is 15.0. The molecule has 2 aromatic carbocycles. The quantitative estimate of drug-likeness (QED) is 0.195. The van der Waals surface area contributed by atoms with E-state index >= 15 is 4.39 Å². The minimum absolute atomic E-state index is 0.0352. The van der Waals surface area contributed by atoms with Gasteiger partial charge >= 0.3 is 12.1 Å². The van der Waals surface area contributed by atoms with Crippen molar-refractivity contribution in [2.75, 3.05) is 13.2 Å². The van der Waals surface area contributed by atoms with Crippen LogP contribution in [-0.2, 0) is 16.2 Å². The SMILES string of the molecule is CC(=NOCC1=CC=C(c2ccccc2)C(F)(C(F)(F)F)C1)c1ccc(CNCCC(=O)O)cc1. The van der Waals surface area contributed by atoms with Gasteiger partial charge in [0.05, 0.1) is 12.1 Å². The third-order valence-corrected chi connectivity index (χ3v) is 5.59. The number of rotatable bonds is 10. The number of hydrogen-bond acceptors (Lipinski definition) is 4. The summed E-state index contributed by atoms with van der Waals surface area (Å²) in [6.45, 7) is 2.29. The number of benzene rings is 2. The molecule has 0 aromatic heterocycles. The molecule has 2 aromatic rings. The molecule has 1 atom stereocenters. The van der Waals surface area contributed by atoms with Gasteiger partial charge in [-0.05, 0) is 29.2 Å². The maximum atomic E-state index is 15.4. The van der Waals surface area contributed by atoms with Gasteiger partial charge in [0.25, 0.3) is 0 Å². The fraction of sp³-hybridized carbons (Fsp3) is 0.308. The van der Waals surface area contributed by atoms with E-state index in [1.54, 1.807) is 37.3 Å². The molecule has 3 rings (SSSR count). The van der Waals surface area contributed by atoms with E-state index in [1.807, 2.05) is 12.1 Å². The van der Waals surface area contributed by atoms with Crippen LogP contribution in [0.15, 0.2) is 77.5 Å². The van der Waals surface area contributed by atoms with E-state index in [2.05, 4.69) is 10.5 Å². The molecular formula is C26H26F4N2O3. The van der Waals surface area contributed by atoms with Gasteiger partial charge in [-0.15, -0.1) is 0 Å². The second-order valence-corrected chi connectivity index (χ2v) is 8.21. The van der Waals surface area contributed by atoms with E-state index in [9.17, 15) is 18.0 Å². The molecule has 9 heteroatoms. The van der Waals surface area contributed by atoms with Gasteiger partial charge in [0, 0.05) is 25.1 Å². The number of allylic oxidation sites excluding steroid dienone is 3. The zero-order valence-electron chi connectivity index (χ0n) is 19.1. The van der Waals surface area contributed by atoms with Crippen LogP contribution in [0.3, 0.4) is 0 Å². The molecule has 0 bridgehead atoms. The average molecular weight is 490 g/mol. The molecule has 0 heterocycles. The highest BCUT2D eigenvalue weighted by molar-refractivity contribution is 5.98. The molecule has 0 fully saturated rings. The monoisotopic (exact) mass is 490 g/mol. The second-order valence-electron chi connectivity index (χ2n) is 8.21. The molecule has 1 aliphatic rings. The van der Waals surface area contributed by atoms with Crippen LogP contribution in [0.5, 0.6) is 0 Å². The molecule has 5 nitrogen and oxygen atoms in total. The first-order chi connectivity index (χ1) is 16.6. The second kappa shape index (κ2) is 11.3. The van der Waals surface area contributed by atoms with Crippen molar-refractivity contribution in [3.63, 3.8) is 0 Å². The number of oxime groups is 1. The Kier molecular flexibility index (Phi) is 8.45. The summed E-state index contributed by atoms with van der Waals surface area (Å²) in [5.41, 5.74) is -1.41. The summed E-state index contributed by atoms with van der Waals surface area (Å²) >= 11 is 0. The maximum absolute atomic E-state index is 15.4. The molecule has 35 heavy (non-hydrogen) atoms. The largest absolute Gasteiger partial charge is 0.481 e. The smallest absolute Gasteiger partial charge is 0.427 e. The number of halogens is 4. The number of nitrogens with zero attached hydrogens (tertiary/aromatic N) is 1. The van der Waals surface area contributed by atoms with Gasteiger partial charge in [-0.1, -0.05) is 71.9 Å². The molecule has 2 N–H and O–H groups in total. The van der Waals surface area contributed by atoms with Crippen LogP contribution in [-0.4, -0.2) is 41.8 Å². The Bertz CT molecular complexity index is 1110. The van der Waals surface area contributed by atoms with Gasteiger partial charge in [-0.3, -0.25) is 4.79 Å². The van der Waals surface area contributed by atoms with Crippen molar-refractivity contribution in [2.24, 2.45) is 5.16 Å². The van der Waals surface area contributed by atoms with Gasteiger partial charge in [0.15, 0.2) is 0 Å². The number of carbonyl (C=O) groups is 1. The van der Waals surface area contributed by atoms with Crippen molar-refractivity contribution in [1.82, 2.24) is 5.32 Å². The van der Waals surface area contributed by atoms with Gasteiger partial charge in [-0.2, -0.15) is 13.2 Å². The van der Waals surface area contributed by atoms with E-state index in [4.69, 9.17) is 9.94 Å². The topological polar surface area (TPSA) is 70.9 Å². The Morgan fingerprint density at radius 3 is 2.43 bits per heavy atom. The Morgan fingerprint density at radius 2 is 1.80 bits per heavy atom. The first-order valence-corrected chi connectivity index (χ1v) is 11.0. The Hall–Kier alpha value is -3.46. The highest BCUT2D eigenvalue weighted by Crippen LogP contribution is 2.49. The molecule has 1 aliphatic carbocycles. The van der Waals surface area contributed by atoms with Gasteiger partial charge < -0.3 is 15.3 Å². The fourth-order valence-corrected chi connectivity index (χ4v) is 3.65. The molecule has 0 aliphatic heterocycles. The summed E-state index contributed by atoms with van der Waals surface area (Å²) in [6.07, 6.45) is -3.31. The number of hydrogen-bond donors (Lipinski definition) is 2. The predicted octanol–water partition coefficient (Wildman–Crippen LogP) is 5.68. The summed E-state index contributed by atoms with van der Waals surface area (Å²) in [4.78, 5) is 15.8. The van der Waals surface area contributed by atoms with Gasteiger partial charge in [0.2, 0.25) is 5.67 Å². The zero-order valence-corrected chi connectivity index (χ0v) is 19.1. The van der Waals surface area contributed by atoms with E-state index in [0.29, 0.717) is 18.8 Å². The Morgan fingerprint density at radius 1 is 1.11 bits per heavy atom. The highest BCUT2D eigenvalue weighted by Gasteiger charge is 2.59. The lowest BCUT2D eigenvalue weighted by molar-refractivity contribution is -0.207. The van der Waals surface area contributed by atoms with Crippen LogP contribution in [0.1, 0.15) is 36.5 Å². The van der Waals surface area contributed by atoms with Crippen LogP contribution in [0, 0.1) is 0 Å². The standard InChI is InChI=1S/C26H26F4N2O3/c1-18(21-10-7-19(8-11-21)16-31-14-13-24(33)34)32-35-17-20-9-12-23(22-5-3-2-4-6-22)25(27,15-20)26(28,29)30/h2-12,31H,13-17H2,1H3,(H,33,34). The van der Waals surface area contributed by atoms with Crippen molar-refractivity contribution in [3.8, 4) is 0 Å². The van der Waals surface area contributed by atoms with Crippen LogP contribution >= 0.6 is 0 Å². The minimum atomic E-state index is -5.09. The summed E-state index contributed by atoms with van der Waals surface area (Å²) in [5.74, 6) is -0.869. The van der Waals surface area contributed by atoms with E-state index in [0.717, 1.165) is 17.2 Å². The van der Waals surface area contributed by atoms with Gasteiger partial charge in [0.1, 0.15) is 6.61 Å². The van der Waals surface area contributed by atoms with Crippen LogP contribution in [0.4, 0.5) is 17.6 Å². The highest BCUT2D eigenvalue weighted by atomic mass is 19.4. The molecule has 0 spiro atoms. The van der Waals surface area contributed by atoms with Crippen LogP contribution < -0.4 is 5.32 Å². The van der Waals surface area contributed by atoms with Crippen molar-refractivity contribution < 1.29 is 32.3 Å².